The molecule has 1 aromatic carbocycles. The van der Waals surface area contributed by atoms with Crippen LogP contribution in [-0.2, 0) is 22.9 Å². The highest BCUT2D eigenvalue weighted by molar-refractivity contribution is 6.40. The third kappa shape index (κ3) is 3.80. The molecule has 2 rings (SSSR count). The Morgan fingerprint density at radius 3 is 2.28 bits per heavy atom. The smallest absolute Gasteiger partial charge is 0.329 e. The Morgan fingerprint density at radius 2 is 1.80 bits per heavy atom. The molecular formula is C14H8Cl3F4NO3. The van der Waals surface area contributed by atoms with Crippen molar-refractivity contribution in [1.82, 2.24) is 4.57 Å². The van der Waals surface area contributed by atoms with E-state index in [1.54, 1.807) is 0 Å². The Balaban J connectivity index is 2.67. The minimum atomic E-state index is -4.81. The molecule has 0 aliphatic carbocycles. The van der Waals surface area contributed by atoms with Crippen LogP contribution in [-0.4, -0.2) is 10.5 Å². The van der Waals surface area contributed by atoms with Gasteiger partial charge in [0.25, 0.3) is 0 Å². The van der Waals surface area contributed by atoms with Gasteiger partial charge in [0.1, 0.15) is 16.7 Å². The second kappa shape index (κ2) is 6.93. The summed E-state index contributed by atoms with van der Waals surface area (Å²) < 4.78 is 54.2. The summed E-state index contributed by atoms with van der Waals surface area (Å²) in [4.78, 5) is 19.7. The number of rotatable bonds is 3. The van der Waals surface area contributed by atoms with Crippen molar-refractivity contribution in [3.63, 3.8) is 0 Å². The van der Waals surface area contributed by atoms with Gasteiger partial charge in [-0.1, -0.05) is 34.8 Å². The maximum atomic E-state index is 14.3. The molecule has 0 fully saturated rings. The lowest BCUT2D eigenvalue weighted by Gasteiger charge is -2.09. The van der Waals surface area contributed by atoms with Crippen LogP contribution in [0.2, 0.25) is 15.2 Å². The summed E-state index contributed by atoms with van der Waals surface area (Å²) in [7, 11) is 1.03. The van der Waals surface area contributed by atoms with Gasteiger partial charge in [0.05, 0.1) is 10.0 Å². The standard InChI is InChI=1S/C14H8Cl3F4NO3/c1-5(23)24-25-9-3-6(8(18)4-7(9)15)10-11(16)12(14(19,20)21)22(2)13(10)17/h3-4H,1-2H3. The Bertz CT molecular complexity index is 849. The maximum absolute atomic E-state index is 14.3. The fourth-order valence-electron chi connectivity index (χ4n) is 2.05. The van der Waals surface area contributed by atoms with Gasteiger partial charge in [-0.2, -0.15) is 13.2 Å². The average molecular weight is 421 g/mol. The number of carbonyl (C=O) groups is 1. The number of hydrogen-bond donors (Lipinski definition) is 0. The van der Waals surface area contributed by atoms with Crippen molar-refractivity contribution < 1.29 is 32.1 Å². The maximum Gasteiger partial charge on any atom is 0.432 e. The number of carbonyl (C=O) groups excluding carboxylic acids is 1. The molecule has 136 valence electrons. The van der Waals surface area contributed by atoms with E-state index in [4.69, 9.17) is 34.8 Å². The molecule has 11 heteroatoms. The number of nitrogens with zero attached hydrogens (tertiary/aromatic N) is 1. The molecule has 0 aliphatic heterocycles. The predicted molar refractivity (Wildman–Crippen MR) is 83.2 cm³/mol. The summed E-state index contributed by atoms with van der Waals surface area (Å²) in [6, 6.07) is 1.69. The van der Waals surface area contributed by atoms with Crippen molar-refractivity contribution in [1.29, 1.82) is 0 Å². The van der Waals surface area contributed by atoms with Crippen LogP contribution in [0.15, 0.2) is 12.1 Å². The van der Waals surface area contributed by atoms with Crippen LogP contribution >= 0.6 is 34.8 Å². The van der Waals surface area contributed by atoms with E-state index in [0.717, 1.165) is 26.1 Å². The summed E-state index contributed by atoms with van der Waals surface area (Å²) in [6.07, 6.45) is -4.81. The van der Waals surface area contributed by atoms with Gasteiger partial charge in [-0.25, -0.2) is 9.18 Å². The summed E-state index contributed by atoms with van der Waals surface area (Å²) in [5, 5.41) is -1.52. The molecule has 0 spiro atoms. The lowest BCUT2D eigenvalue weighted by atomic mass is 10.1. The molecule has 0 N–H and O–H groups in total. The topological polar surface area (TPSA) is 40.5 Å². The van der Waals surface area contributed by atoms with Gasteiger partial charge >= 0.3 is 12.1 Å². The second-order valence-electron chi connectivity index (χ2n) is 4.81. The van der Waals surface area contributed by atoms with Crippen molar-refractivity contribution in [3.8, 4) is 16.9 Å². The number of hydrogen-bond acceptors (Lipinski definition) is 3. The average Bonchev–Trinajstić information content (AvgIpc) is 2.68. The highest BCUT2D eigenvalue weighted by Gasteiger charge is 2.40. The molecule has 4 nitrogen and oxygen atoms in total. The van der Waals surface area contributed by atoms with Crippen molar-refractivity contribution in [3.05, 3.63) is 38.8 Å². The summed E-state index contributed by atoms with van der Waals surface area (Å²) in [5.41, 5.74) is -2.06. The van der Waals surface area contributed by atoms with Crippen molar-refractivity contribution in [2.45, 2.75) is 13.1 Å². The Morgan fingerprint density at radius 1 is 1.20 bits per heavy atom. The molecule has 2 aromatic rings. The van der Waals surface area contributed by atoms with Gasteiger partial charge in [-0.05, 0) is 12.1 Å². The number of alkyl halides is 3. The van der Waals surface area contributed by atoms with Crippen molar-refractivity contribution >= 4 is 40.8 Å². The van der Waals surface area contributed by atoms with Crippen LogP contribution < -0.4 is 4.89 Å². The first-order valence-electron chi connectivity index (χ1n) is 6.40. The lowest BCUT2D eigenvalue weighted by Crippen LogP contribution is -2.11. The molecule has 1 heterocycles. The molecule has 25 heavy (non-hydrogen) atoms. The first-order valence-corrected chi connectivity index (χ1v) is 7.53. The van der Waals surface area contributed by atoms with E-state index in [1.165, 1.54) is 0 Å². The molecule has 1 aromatic heterocycles. The van der Waals surface area contributed by atoms with E-state index in [2.05, 4.69) is 9.78 Å². The zero-order chi connectivity index (χ0) is 19.1. The third-order valence-electron chi connectivity index (χ3n) is 3.07. The van der Waals surface area contributed by atoms with Gasteiger partial charge in [-0.15, -0.1) is 0 Å². The molecular weight excluding hydrogens is 413 g/mol. The monoisotopic (exact) mass is 419 g/mol. The molecule has 0 atom stereocenters. The van der Waals surface area contributed by atoms with Crippen LogP contribution in [0.4, 0.5) is 17.6 Å². The molecule has 0 amide bonds. The Kier molecular flexibility index (Phi) is 5.46. The highest BCUT2D eigenvalue weighted by atomic mass is 35.5. The van der Waals surface area contributed by atoms with E-state index in [9.17, 15) is 22.4 Å². The SMILES string of the molecule is CC(=O)OOc1cc(-c2c(Cl)c(C(F)(F)F)n(C)c2Cl)c(F)cc1Cl. The molecule has 0 saturated heterocycles. The minimum Gasteiger partial charge on any atom is -0.329 e. The summed E-state index contributed by atoms with van der Waals surface area (Å²) in [5.74, 6) is -2.13. The minimum absolute atomic E-state index is 0.276. The second-order valence-corrected chi connectivity index (χ2v) is 5.95. The third-order valence-corrected chi connectivity index (χ3v) is 4.18. The Hall–Kier alpha value is -1.64. The molecule has 0 aliphatic rings. The van der Waals surface area contributed by atoms with Gasteiger partial charge in [-0.3, -0.25) is 9.78 Å². The molecule has 0 saturated carbocycles. The van der Waals surface area contributed by atoms with Gasteiger partial charge in [0, 0.05) is 25.1 Å². The van der Waals surface area contributed by atoms with Crippen LogP contribution in [0.25, 0.3) is 11.1 Å². The quantitative estimate of drug-likeness (QED) is 0.365. The molecule has 0 radical (unpaired) electrons. The predicted octanol–water partition coefficient (Wildman–Crippen LogP) is 5.67. The lowest BCUT2D eigenvalue weighted by molar-refractivity contribution is -0.210. The highest BCUT2D eigenvalue weighted by Crippen LogP contribution is 2.47. The molecule has 0 bridgehead atoms. The zero-order valence-electron chi connectivity index (χ0n) is 12.5. The van der Waals surface area contributed by atoms with Crippen molar-refractivity contribution in [2.75, 3.05) is 0 Å². The fraction of sp³-hybridized carbons (Fsp3) is 0.214. The summed E-state index contributed by atoms with van der Waals surface area (Å²) in [6.45, 7) is 1.04. The first kappa shape index (κ1) is 19.7. The molecule has 0 unspecified atom stereocenters. The first-order chi connectivity index (χ1) is 11.4. The van der Waals surface area contributed by atoms with Gasteiger partial charge < -0.3 is 4.57 Å². The van der Waals surface area contributed by atoms with E-state index in [-0.39, 0.29) is 10.8 Å². The largest absolute Gasteiger partial charge is 0.432 e. The van der Waals surface area contributed by atoms with Crippen LogP contribution in [0.1, 0.15) is 12.6 Å². The van der Waals surface area contributed by atoms with Crippen LogP contribution in [0.3, 0.4) is 0 Å². The van der Waals surface area contributed by atoms with E-state index < -0.39 is 45.0 Å². The van der Waals surface area contributed by atoms with Gasteiger partial charge in [0.2, 0.25) is 0 Å². The van der Waals surface area contributed by atoms with Crippen molar-refractivity contribution in [2.24, 2.45) is 7.05 Å². The fourth-order valence-corrected chi connectivity index (χ4v) is 2.99. The number of benzene rings is 1. The Labute approximate surface area is 153 Å². The van der Waals surface area contributed by atoms with E-state index in [0.29, 0.717) is 4.57 Å². The van der Waals surface area contributed by atoms with Gasteiger partial charge in [0.15, 0.2) is 5.75 Å². The normalized spacial score (nSPS) is 11.6. The van der Waals surface area contributed by atoms with Crippen LogP contribution in [0.5, 0.6) is 5.75 Å². The number of halogens is 7. The van der Waals surface area contributed by atoms with E-state index in [1.807, 2.05) is 0 Å². The van der Waals surface area contributed by atoms with E-state index >= 15 is 0 Å². The number of aromatic nitrogens is 1. The zero-order valence-corrected chi connectivity index (χ0v) is 14.7. The van der Waals surface area contributed by atoms with Crippen LogP contribution in [0, 0.1) is 5.82 Å². The summed E-state index contributed by atoms with van der Waals surface area (Å²) >= 11 is 17.5.